The van der Waals surface area contributed by atoms with Crippen LogP contribution in [0.1, 0.15) is 104 Å². The monoisotopic (exact) mass is 933 g/mol. The van der Waals surface area contributed by atoms with Crippen molar-refractivity contribution in [2.24, 2.45) is 28.6 Å². The average molecular weight is 934 g/mol. The maximum atomic E-state index is 2.80. The molecule has 2 heterocycles. The Labute approximate surface area is 301 Å². The van der Waals surface area contributed by atoms with Gasteiger partial charge in [0.05, 0.1) is 4.05 Å². The molecule has 44 heavy (non-hydrogen) atoms. The van der Waals surface area contributed by atoms with Gasteiger partial charge in [-0.3, -0.25) is 4.90 Å². The fourth-order valence-corrected chi connectivity index (χ4v) is 22.0. The summed E-state index contributed by atoms with van der Waals surface area (Å²) in [5, 5.41) is 0. The second kappa shape index (κ2) is 14.9. The van der Waals surface area contributed by atoms with Crippen LogP contribution in [0.5, 0.6) is 0 Å². The van der Waals surface area contributed by atoms with E-state index in [9.17, 15) is 0 Å². The first kappa shape index (κ1) is 34.3. The molecular weight excluding hydrogens is 875 g/mol. The number of alkyl halides is 4. The molecule has 1 nitrogen and oxygen atoms in total. The second-order valence-electron chi connectivity index (χ2n) is 15.3. The van der Waals surface area contributed by atoms with Crippen molar-refractivity contribution < 1.29 is 0 Å². The van der Waals surface area contributed by atoms with Gasteiger partial charge in [-0.05, 0) is 38.1 Å². The van der Waals surface area contributed by atoms with Crippen molar-refractivity contribution in [2.45, 2.75) is 108 Å². The van der Waals surface area contributed by atoms with E-state index < -0.39 is 19.8 Å². The van der Waals surface area contributed by atoms with Crippen LogP contribution >= 0.6 is 63.1 Å². The molecule has 0 aromatic heterocycles. The molecule has 0 bridgehead atoms. The van der Waals surface area contributed by atoms with Crippen molar-refractivity contribution in [3.05, 3.63) is 67.9 Å². The summed E-state index contributed by atoms with van der Waals surface area (Å²) in [4.78, 5) is 2.35. The molecule has 2 aliphatic heterocycles. The molecule has 6 aliphatic rings. The Balaban J connectivity index is 1.02. The van der Waals surface area contributed by atoms with Gasteiger partial charge in [-0.2, -0.15) is 0 Å². The van der Waals surface area contributed by atoms with E-state index in [4.69, 9.17) is 0 Å². The van der Waals surface area contributed by atoms with Gasteiger partial charge in [0.15, 0.2) is 0 Å². The van der Waals surface area contributed by atoms with E-state index in [2.05, 4.69) is 103 Å². The van der Waals surface area contributed by atoms with E-state index in [-0.39, 0.29) is 20.7 Å². The van der Waals surface area contributed by atoms with Crippen LogP contribution in [0.25, 0.3) is 0 Å². The number of unbranched alkanes of at least 4 members (excludes halogenated alkanes) is 2. The van der Waals surface area contributed by atoms with Crippen LogP contribution < -0.4 is 0 Å². The van der Waals surface area contributed by atoms with Crippen molar-refractivity contribution in [3.8, 4) is 0 Å². The van der Waals surface area contributed by atoms with Gasteiger partial charge in [-0.25, -0.2) is 0 Å². The summed E-state index contributed by atoms with van der Waals surface area (Å²) in [5.74, 6) is 2.18. The van der Waals surface area contributed by atoms with E-state index in [0.717, 1.165) is 22.7 Å². The van der Waals surface area contributed by atoms with E-state index in [1.165, 1.54) is 70.6 Å². The predicted octanol–water partition coefficient (Wildman–Crippen LogP) is 12.1. The first-order chi connectivity index (χ1) is 21.3. The van der Waals surface area contributed by atoms with E-state index in [1.807, 2.05) is 0 Å². The van der Waals surface area contributed by atoms with Crippen molar-refractivity contribution in [1.29, 1.82) is 0 Å². The number of hydrogen-bond acceptors (Lipinski definition) is 1. The Kier molecular flexibility index (Phi) is 11.6. The van der Waals surface area contributed by atoms with Gasteiger partial charge in [0.2, 0.25) is 0 Å². The van der Waals surface area contributed by atoms with Gasteiger partial charge in [0.1, 0.15) is 0 Å². The number of halogens is 3. The minimum atomic E-state index is -0.729. The minimum absolute atomic E-state index is 0.0270. The molecule has 5 unspecified atom stereocenters. The topological polar surface area (TPSA) is 3.24 Å². The van der Waals surface area contributed by atoms with Crippen molar-refractivity contribution in [2.75, 3.05) is 27.4 Å². The zero-order valence-electron chi connectivity index (χ0n) is 28.2. The third kappa shape index (κ3) is 7.38. The Hall–Kier alpha value is 0.460. The number of allylic oxidation sites excluding steroid dienone is 10. The SMILES string of the molecule is CCCCC1(C)CI(CCCCC2C=C3I=CC=C(CC4C=CC5=C(CCC=C5C(I)N(C)C)C4)C3=CC2CC)CC12CC2. The van der Waals surface area contributed by atoms with Gasteiger partial charge in [0.25, 0.3) is 0 Å². The molecule has 0 N–H and O–H groups in total. The molecule has 5 atom stereocenters. The first-order valence-electron chi connectivity index (χ1n) is 17.8. The average Bonchev–Trinajstić information content (AvgIpc) is 3.76. The third-order valence-corrected chi connectivity index (χ3v) is 23.6. The number of fused-ring (bicyclic) bond motifs is 1. The molecule has 0 aromatic carbocycles. The summed E-state index contributed by atoms with van der Waals surface area (Å²) in [5.41, 5.74) is 9.67. The maximum absolute atomic E-state index is 2.80. The van der Waals surface area contributed by atoms with Gasteiger partial charge in [0, 0.05) is 0 Å². The Morgan fingerprint density at radius 3 is 2.68 bits per heavy atom. The molecule has 4 heteroatoms. The fourth-order valence-electron chi connectivity index (χ4n) is 8.87. The van der Waals surface area contributed by atoms with Crippen LogP contribution in [0.15, 0.2) is 67.9 Å². The summed E-state index contributed by atoms with van der Waals surface area (Å²) >= 11 is 1.91. The standard InChI is InChI=1S/C40H58I3N/c1-6-8-18-39(3)27-43(28-40(39)19-20-40)22-10-9-12-31-26-37-36(25-30(31)7-2)33(17-21-42-37)24-29-15-16-34-32(23-29)13-11-14-35(34)38(41)44(4)5/h14-17,21,25-26,29-31,38H,6-13,18-20,22-24,27-28H2,1-5H3. The van der Waals surface area contributed by atoms with Gasteiger partial charge < -0.3 is 0 Å². The number of rotatable bonds is 13. The van der Waals surface area contributed by atoms with E-state index >= 15 is 0 Å². The zero-order valence-corrected chi connectivity index (χ0v) is 34.7. The zero-order chi connectivity index (χ0) is 30.9. The molecule has 1 saturated carbocycles. The normalized spacial score (nSPS) is 32.1. The number of likely N-dealkylation sites (N-methyl/N-ethyl adjacent to an activating group) is 1. The molecule has 1 saturated heterocycles. The van der Waals surface area contributed by atoms with Crippen LogP contribution in [-0.2, 0) is 0 Å². The summed E-state index contributed by atoms with van der Waals surface area (Å²) < 4.78 is 9.85. The van der Waals surface area contributed by atoms with Gasteiger partial charge in [-0.15, -0.1) is 0 Å². The van der Waals surface area contributed by atoms with Crippen molar-refractivity contribution in [3.63, 3.8) is 0 Å². The predicted molar refractivity (Wildman–Crippen MR) is 221 cm³/mol. The van der Waals surface area contributed by atoms with Gasteiger partial charge in [-0.1, -0.05) is 40.3 Å². The molecule has 4 aliphatic carbocycles. The molecule has 0 aromatic rings. The summed E-state index contributed by atoms with van der Waals surface area (Å²) in [6.45, 7) is 7.54. The summed E-state index contributed by atoms with van der Waals surface area (Å²) in [7, 11) is 4.41. The quantitative estimate of drug-likeness (QED) is 0.0770. The molecular formula is C40H58I3N. The molecule has 0 radical (unpaired) electrons. The van der Waals surface area contributed by atoms with Crippen molar-refractivity contribution >= 4 is 67.2 Å². The van der Waals surface area contributed by atoms with Crippen LogP contribution in [0.2, 0.25) is 0 Å². The Morgan fingerprint density at radius 2 is 1.93 bits per heavy atom. The van der Waals surface area contributed by atoms with Crippen LogP contribution in [-0.4, -0.2) is 40.3 Å². The fraction of sp³-hybridized carbons (Fsp3) is 0.675. The van der Waals surface area contributed by atoms with Crippen LogP contribution in [0, 0.1) is 28.6 Å². The summed E-state index contributed by atoms with van der Waals surface area (Å²) in [6.07, 6.45) is 33.8. The van der Waals surface area contributed by atoms with Crippen LogP contribution in [0.3, 0.4) is 0 Å². The molecule has 0 amide bonds. The second-order valence-corrected chi connectivity index (χ2v) is 24.8. The first-order valence-corrected chi connectivity index (χ1v) is 26.0. The molecule has 2 fully saturated rings. The Morgan fingerprint density at radius 1 is 1.09 bits per heavy atom. The molecule has 1 spiro atoms. The van der Waals surface area contributed by atoms with E-state index in [0.29, 0.717) is 9.97 Å². The molecule has 244 valence electrons. The molecule has 6 rings (SSSR count). The number of nitrogens with zero attached hydrogens (tertiary/aromatic N) is 1. The van der Waals surface area contributed by atoms with Crippen LogP contribution in [0.4, 0.5) is 0 Å². The summed E-state index contributed by atoms with van der Waals surface area (Å²) in [6, 6.07) is 0. The number of hydrogen-bond donors (Lipinski definition) is 0. The van der Waals surface area contributed by atoms with E-state index in [1.54, 1.807) is 57.6 Å². The van der Waals surface area contributed by atoms with Gasteiger partial charge >= 0.3 is 217 Å². The Bertz CT molecular complexity index is 1290. The van der Waals surface area contributed by atoms with Crippen molar-refractivity contribution in [1.82, 2.24) is 4.90 Å². The third-order valence-electron chi connectivity index (χ3n) is 11.9.